The zero-order valence-corrected chi connectivity index (χ0v) is 12.2. The van der Waals surface area contributed by atoms with Crippen molar-refractivity contribution < 1.29 is 24.1 Å². The Morgan fingerprint density at radius 2 is 2.10 bits per heavy atom. The van der Waals surface area contributed by atoms with Crippen LogP contribution in [0, 0.1) is 6.92 Å². The number of carbonyl (C=O) groups is 1. The molecule has 1 saturated heterocycles. The Bertz CT molecular complexity index is 527. The largest absolute Gasteiger partial charge is 0.496 e. The van der Waals surface area contributed by atoms with E-state index in [1.54, 1.807) is 19.2 Å². The molecule has 20 heavy (non-hydrogen) atoms. The minimum absolute atomic E-state index is 0.229. The Morgan fingerprint density at radius 1 is 1.40 bits per heavy atom. The average Bonchev–Trinajstić information content (AvgIpc) is 2.79. The standard InChI is InChI=1S/C15H20O5/c1-10-5-6-12(18-3)11(7-10)15(13(16)17)8-14(2,19-4)9-20-15/h5-7H,8-9H2,1-4H3,(H,16,17)/t14-,15+/m0/s1. The number of ether oxygens (including phenoxy) is 3. The van der Waals surface area contributed by atoms with Gasteiger partial charge < -0.3 is 19.3 Å². The van der Waals surface area contributed by atoms with Gasteiger partial charge in [-0.1, -0.05) is 11.6 Å². The van der Waals surface area contributed by atoms with E-state index in [0.717, 1.165) is 5.56 Å². The summed E-state index contributed by atoms with van der Waals surface area (Å²) in [4.78, 5) is 11.9. The third kappa shape index (κ3) is 2.27. The highest BCUT2D eigenvalue weighted by Crippen LogP contribution is 2.46. The Kier molecular flexibility index (Phi) is 3.75. The van der Waals surface area contributed by atoms with Crippen LogP contribution >= 0.6 is 0 Å². The molecule has 1 aromatic rings. The van der Waals surface area contributed by atoms with Crippen LogP contribution in [0.1, 0.15) is 24.5 Å². The van der Waals surface area contributed by atoms with E-state index in [2.05, 4.69) is 0 Å². The summed E-state index contributed by atoms with van der Waals surface area (Å²) in [6, 6.07) is 5.44. The van der Waals surface area contributed by atoms with Gasteiger partial charge in [0.2, 0.25) is 0 Å². The fourth-order valence-corrected chi connectivity index (χ4v) is 2.60. The van der Waals surface area contributed by atoms with E-state index in [1.807, 2.05) is 19.9 Å². The first-order chi connectivity index (χ1) is 9.37. The Labute approximate surface area is 118 Å². The van der Waals surface area contributed by atoms with Gasteiger partial charge in [-0.25, -0.2) is 4.79 Å². The molecule has 0 saturated carbocycles. The molecule has 1 heterocycles. The molecule has 1 N–H and O–H groups in total. The number of hydrogen-bond donors (Lipinski definition) is 1. The number of carboxylic acid groups (broad SMARTS) is 1. The van der Waals surface area contributed by atoms with E-state index in [1.165, 1.54) is 7.11 Å². The molecule has 1 aliphatic heterocycles. The lowest BCUT2D eigenvalue weighted by atomic mass is 9.84. The van der Waals surface area contributed by atoms with Crippen molar-refractivity contribution in [2.75, 3.05) is 20.8 Å². The third-order valence-corrected chi connectivity index (χ3v) is 3.88. The van der Waals surface area contributed by atoms with Crippen LogP contribution in [0.25, 0.3) is 0 Å². The number of benzene rings is 1. The fraction of sp³-hybridized carbons (Fsp3) is 0.533. The molecule has 0 radical (unpaired) electrons. The van der Waals surface area contributed by atoms with Crippen molar-refractivity contribution in [1.29, 1.82) is 0 Å². The van der Waals surface area contributed by atoms with Crippen LogP contribution in [-0.4, -0.2) is 37.5 Å². The van der Waals surface area contributed by atoms with Crippen LogP contribution in [-0.2, 0) is 19.9 Å². The summed E-state index contributed by atoms with van der Waals surface area (Å²) in [6.07, 6.45) is 0.242. The van der Waals surface area contributed by atoms with Gasteiger partial charge in [-0.3, -0.25) is 0 Å². The fourth-order valence-electron chi connectivity index (χ4n) is 2.60. The summed E-state index contributed by atoms with van der Waals surface area (Å²) in [7, 11) is 3.09. The van der Waals surface area contributed by atoms with Crippen LogP contribution in [0.5, 0.6) is 5.75 Å². The molecular formula is C15H20O5. The minimum atomic E-state index is -1.43. The number of aliphatic carboxylic acids is 1. The number of rotatable bonds is 4. The molecule has 5 heteroatoms. The molecule has 110 valence electrons. The molecule has 0 unspecified atom stereocenters. The maximum absolute atomic E-state index is 11.9. The molecule has 2 atom stereocenters. The van der Waals surface area contributed by atoms with Gasteiger partial charge in [-0.05, 0) is 26.0 Å². The monoisotopic (exact) mass is 280 g/mol. The highest BCUT2D eigenvalue weighted by Gasteiger charge is 2.55. The van der Waals surface area contributed by atoms with Crippen molar-refractivity contribution in [2.24, 2.45) is 0 Å². The van der Waals surface area contributed by atoms with E-state index >= 15 is 0 Å². The van der Waals surface area contributed by atoms with Crippen LogP contribution < -0.4 is 4.74 Å². The van der Waals surface area contributed by atoms with Gasteiger partial charge in [0.25, 0.3) is 0 Å². The van der Waals surface area contributed by atoms with Gasteiger partial charge in [-0.15, -0.1) is 0 Å². The molecule has 1 fully saturated rings. The predicted octanol–water partition coefficient (Wildman–Crippen LogP) is 2.11. The van der Waals surface area contributed by atoms with Gasteiger partial charge in [0.1, 0.15) is 5.75 Å². The minimum Gasteiger partial charge on any atom is -0.496 e. The molecule has 1 aromatic carbocycles. The number of methoxy groups -OCH3 is 2. The van der Waals surface area contributed by atoms with Gasteiger partial charge in [0.15, 0.2) is 5.60 Å². The van der Waals surface area contributed by atoms with Crippen molar-refractivity contribution in [3.05, 3.63) is 29.3 Å². The van der Waals surface area contributed by atoms with Crippen molar-refractivity contribution in [3.8, 4) is 5.75 Å². The molecular weight excluding hydrogens is 260 g/mol. The van der Waals surface area contributed by atoms with E-state index < -0.39 is 17.2 Å². The Hall–Kier alpha value is -1.59. The van der Waals surface area contributed by atoms with Crippen LogP contribution in [0.4, 0.5) is 0 Å². The maximum Gasteiger partial charge on any atom is 0.340 e. The van der Waals surface area contributed by atoms with E-state index in [-0.39, 0.29) is 13.0 Å². The maximum atomic E-state index is 11.9. The molecule has 1 aliphatic rings. The lowest BCUT2D eigenvalue weighted by Crippen LogP contribution is -2.37. The van der Waals surface area contributed by atoms with Crippen LogP contribution in [0.2, 0.25) is 0 Å². The Morgan fingerprint density at radius 3 is 2.60 bits per heavy atom. The van der Waals surface area contributed by atoms with Gasteiger partial charge in [-0.2, -0.15) is 0 Å². The lowest BCUT2D eigenvalue weighted by Gasteiger charge is -2.27. The third-order valence-electron chi connectivity index (χ3n) is 3.88. The number of hydrogen-bond acceptors (Lipinski definition) is 4. The van der Waals surface area contributed by atoms with Gasteiger partial charge >= 0.3 is 5.97 Å². The smallest absolute Gasteiger partial charge is 0.340 e. The summed E-state index contributed by atoms with van der Waals surface area (Å²) in [5.74, 6) is -0.513. The van der Waals surface area contributed by atoms with E-state index in [4.69, 9.17) is 14.2 Å². The first-order valence-corrected chi connectivity index (χ1v) is 6.44. The van der Waals surface area contributed by atoms with Gasteiger partial charge in [0.05, 0.1) is 19.3 Å². The average molecular weight is 280 g/mol. The van der Waals surface area contributed by atoms with E-state index in [9.17, 15) is 9.90 Å². The van der Waals surface area contributed by atoms with Gasteiger partial charge in [0, 0.05) is 19.1 Å². The normalized spacial score (nSPS) is 29.4. The Balaban J connectivity index is 2.56. The second-order valence-electron chi connectivity index (χ2n) is 5.46. The molecule has 5 nitrogen and oxygen atoms in total. The SMILES string of the molecule is COc1ccc(C)cc1[C@@]1(C(=O)O)C[C@](C)(OC)CO1. The summed E-state index contributed by atoms with van der Waals surface area (Å²) >= 11 is 0. The number of aryl methyl sites for hydroxylation is 1. The van der Waals surface area contributed by atoms with Crippen LogP contribution in [0.15, 0.2) is 18.2 Å². The van der Waals surface area contributed by atoms with Crippen molar-refractivity contribution in [3.63, 3.8) is 0 Å². The summed E-state index contributed by atoms with van der Waals surface area (Å²) in [5, 5.41) is 9.72. The molecule has 0 aliphatic carbocycles. The molecule has 0 aromatic heterocycles. The predicted molar refractivity (Wildman–Crippen MR) is 73.0 cm³/mol. The lowest BCUT2D eigenvalue weighted by molar-refractivity contribution is -0.161. The summed E-state index contributed by atoms with van der Waals surface area (Å²) < 4.78 is 16.4. The van der Waals surface area contributed by atoms with Crippen molar-refractivity contribution in [1.82, 2.24) is 0 Å². The zero-order chi connectivity index (χ0) is 15.0. The quantitative estimate of drug-likeness (QED) is 0.915. The van der Waals surface area contributed by atoms with Crippen molar-refractivity contribution in [2.45, 2.75) is 31.5 Å². The zero-order valence-electron chi connectivity index (χ0n) is 12.2. The first kappa shape index (κ1) is 14.8. The van der Waals surface area contributed by atoms with Crippen molar-refractivity contribution >= 4 is 5.97 Å². The molecule has 0 bridgehead atoms. The van der Waals surface area contributed by atoms with Crippen LogP contribution in [0.3, 0.4) is 0 Å². The molecule has 2 rings (SSSR count). The summed E-state index contributed by atoms with van der Waals surface area (Å²) in [6.45, 7) is 3.98. The second-order valence-corrected chi connectivity index (χ2v) is 5.46. The molecule has 0 spiro atoms. The molecule has 0 amide bonds. The summed E-state index contributed by atoms with van der Waals surface area (Å²) in [5.41, 5.74) is -0.556. The highest BCUT2D eigenvalue weighted by molar-refractivity contribution is 5.81. The second kappa shape index (κ2) is 5.07. The topological polar surface area (TPSA) is 65.0 Å². The number of carboxylic acids is 1. The highest BCUT2D eigenvalue weighted by atomic mass is 16.6. The first-order valence-electron chi connectivity index (χ1n) is 6.44. The van der Waals surface area contributed by atoms with E-state index in [0.29, 0.717) is 11.3 Å².